The second kappa shape index (κ2) is 5.98. The number of rotatable bonds is 4. The van der Waals surface area contributed by atoms with Crippen molar-refractivity contribution in [2.75, 3.05) is 33.7 Å². The van der Waals surface area contributed by atoms with Gasteiger partial charge in [-0.25, -0.2) is 0 Å². The van der Waals surface area contributed by atoms with Gasteiger partial charge in [-0.05, 0) is 33.5 Å². The zero-order chi connectivity index (χ0) is 10.4. The summed E-state index contributed by atoms with van der Waals surface area (Å²) >= 11 is 0. The van der Waals surface area contributed by atoms with E-state index in [4.69, 9.17) is 0 Å². The first-order chi connectivity index (χ1) is 6.68. The molecule has 1 rings (SSSR count). The summed E-state index contributed by atoms with van der Waals surface area (Å²) in [4.78, 5) is 13.5. The highest BCUT2D eigenvalue weighted by Gasteiger charge is 2.14. The molecule has 0 unspecified atom stereocenters. The van der Waals surface area contributed by atoms with Gasteiger partial charge in [-0.1, -0.05) is 0 Å². The molecule has 0 aliphatic carbocycles. The van der Waals surface area contributed by atoms with Crippen LogP contribution in [0, 0.1) is 0 Å². The van der Waals surface area contributed by atoms with Crippen molar-refractivity contribution in [3.8, 4) is 0 Å². The van der Waals surface area contributed by atoms with E-state index >= 15 is 0 Å². The monoisotopic (exact) mass is 199 g/mol. The van der Waals surface area contributed by atoms with E-state index in [0.717, 1.165) is 26.1 Å². The van der Waals surface area contributed by atoms with Crippen LogP contribution in [0.5, 0.6) is 0 Å². The number of piperidine rings is 1. The molecule has 0 aromatic carbocycles. The van der Waals surface area contributed by atoms with Crippen LogP contribution in [0.2, 0.25) is 0 Å². The van der Waals surface area contributed by atoms with Gasteiger partial charge in [-0.2, -0.15) is 0 Å². The molecule has 0 radical (unpaired) electrons. The lowest BCUT2D eigenvalue weighted by atomic mass is 10.1. The molecule has 0 spiro atoms. The SMILES string of the molecule is CN(C)CCC(=O)N[C@@H]1CCCNC1. The Hall–Kier alpha value is -0.610. The summed E-state index contributed by atoms with van der Waals surface area (Å²) in [5.41, 5.74) is 0. The van der Waals surface area contributed by atoms with E-state index in [1.807, 2.05) is 19.0 Å². The van der Waals surface area contributed by atoms with Crippen LogP contribution in [-0.2, 0) is 4.79 Å². The first-order valence-electron chi connectivity index (χ1n) is 5.33. The molecule has 1 amide bonds. The quantitative estimate of drug-likeness (QED) is 0.659. The van der Waals surface area contributed by atoms with Crippen LogP contribution in [0.3, 0.4) is 0 Å². The van der Waals surface area contributed by atoms with Crippen molar-refractivity contribution in [2.24, 2.45) is 0 Å². The smallest absolute Gasteiger partial charge is 0.221 e. The number of carbonyl (C=O) groups is 1. The van der Waals surface area contributed by atoms with Crippen molar-refractivity contribution < 1.29 is 4.79 Å². The Kier molecular flexibility index (Phi) is 4.90. The number of hydrogen-bond donors (Lipinski definition) is 2. The third-order valence-corrected chi connectivity index (χ3v) is 2.45. The molecule has 1 atom stereocenters. The molecule has 4 nitrogen and oxygen atoms in total. The molecule has 0 aromatic rings. The molecule has 1 saturated heterocycles. The van der Waals surface area contributed by atoms with E-state index in [0.29, 0.717) is 12.5 Å². The van der Waals surface area contributed by atoms with Crippen LogP contribution in [0.15, 0.2) is 0 Å². The first kappa shape index (κ1) is 11.5. The minimum Gasteiger partial charge on any atom is -0.352 e. The maximum Gasteiger partial charge on any atom is 0.221 e. The third-order valence-electron chi connectivity index (χ3n) is 2.45. The van der Waals surface area contributed by atoms with E-state index in [-0.39, 0.29) is 5.91 Å². The van der Waals surface area contributed by atoms with Gasteiger partial charge in [0, 0.05) is 25.6 Å². The van der Waals surface area contributed by atoms with Crippen LogP contribution < -0.4 is 10.6 Å². The topological polar surface area (TPSA) is 44.4 Å². The van der Waals surface area contributed by atoms with Gasteiger partial charge in [0.15, 0.2) is 0 Å². The van der Waals surface area contributed by atoms with Crippen molar-refractivity contribution in [3.63, 3.8) is 0 Å². The molecule has 0 bridgehead atoms. The molecule has 82 valence electrons. The molecule has 0 aromatic heterocycles. The van der Waals surface area contributed by atoms with Crippen molar-refractivity contribution in [1.82, 2.24) is 15.5 Å². The van der Waals surface area contributed by atoms with Crippen LogP contribution in [0.1, 0.15) is 19.3 Å². The van der Waals surface area contributed by atoms with Crippen molar-refractivity contribution in [3.05, 3.63) is 0 Å². The summed E-state index contributed by atoms with van der Waals surface area (Å²) in [5.74, 6) is 0.174. The van der Waals surface area contributed by atoms with Crippen LogP contribution in [0.25, 0.3) is 0 Å². The average Bonchev–Trinajstić information content (AvgIpc) is 2.16. The molecular weight excluding hydrogens is 178 g/mol. The van der Waals surface area contributed by atoms with Crippen molar-refractivity contribution >= 4 is 5.91 Å². The second-order valence-electron chi connectivity index (χ2n) is 4.16. The van der Waals surface area contributed by atoms with Crippen LogP contribution in [0.4, 0.5) is 0 Å². The van der Waals surface area contributed by atoms with Gasteiger partial charge >= 0.3 is 0 Å². The Balaban J connectivity index is 2.12. The van der Waals surface area contributed by atoms with Crippen LogP contribution >= 0.6 is 0 Å². The van der Waals surface area contributed by atoms with E-state index in [2.05, 4.69) is 10.6 Å². The number of amides is 1. The Morgan fingerprint density at radius 1 is 1.57 bits per heavy atom. The van der Waals surface area contributed by atoms with E-state index in [1.165, 1.54) is 6.42 Å². The Bertz CT molecular complexity index is 176. The number of carbonyl (C=O) groups excluding carboxylic acids is 1. The zero-order valence-electron chi connectivity index (χ0n) is 9.18. The Morgan fingerprint density at radius 2 is 2.36 bits per heavy atom. The average molecular weight is 199 g/mol. The molecule has 1 aliphatic heterocycles. The molecule has 2 N–H and O–H groups in total. The summed E-state index contributed by atoms with van der Waals surface area (Å²) < 4.78 is 0. The van der Waals surface area contributed by atoms with Crippen molar-refractivity contribution in [2.45, 2.75) is 25.3 Å². The van der Waals surface area contributed by atoms with Crippen molar-refractivity contribution in [1.29, 1.82) is 0 Å². The maximum absolute atomic E-state index is 11.5. The molecule has 1 aliphatic rings. The minimum absolute atomic E-state index is 0.174. The predicted octanol–water partition coefficient (Wildman–Crippen LogP) is -0.194. The Morgan fingerprint density at radius 3 is 2.93 bits per heavy atom. The predicted molar refractivity (Wildman–Crippen MR) is 57.2 cm³/mol. The summed E-state index contributed by atoms with van der Waals surface area (Å²) in [6.45, 7) is 2.84. The standard InChI is InChI=1S/C10H21N3O/c1-13(2)7-5-10(14)12-9-4-3-6-11-8-9/h9,11H,3-8H2,1-2H3,(H,12,14)/t9-/m1/s1. The number of nitrogens with one attached hydrogen (secondary N) is 2. The normalized spacial score (nSPS) is 22.4. The number of nitrogens with zero attached hydrogens (tertiary/aromatic N) is 1. The van der Waals surface area contributed by atoms with E-state index in [9.17, 15) is 4.79 Å². The highest BCUT2D eigenvalue weighted by atomic mass is 16.1. The van der Waals surface area contributed by atoms with Gasteiger partial charge < -0.3 is 15.5 Å². The highest BCUT2D eigenvalue weighted by Crippen LogP contribution is 2.01. The zero-order valence-corrected chi connectivity index (χ0v) is 9.18. The largest absolute Gasteiger partial charge is 0.352 e. The summed E-state index contributed by atoms with van der Waals surface area (Å²) in [7, 11) is 3.96. The molecule has 1 heterocycles. The fourth-order valence-corrected chi connectivity index (χ4v) is 1.60. The molecule has 14 heavy (non-hydrogen) atoms. The summed E-state index contributed by atoms with van der Waals surface area (Å²) in [6, 6.07) is 0.346. The highest BCUT2D eigenvalue weighted by molar-refractivity contribution is 5.76. The first-order valence-corrected chi connectivity index (χ1v) is 5.33. The number of hydrogen-bond acceptors (Lipinski definition) is 3. The molecule has 4 heteroatoms. The van der Waals surface area contributed by atoms with Gasteiger partial charge in [0.05, 0.1) is 0 Å². The van der Waals surface area contributed by atoms with Gasteiger partial charge in [-0.3, -0.25) is 4.79 Å². The van der Waals surface area contributed by atoms with Gasteiger partial charge in [-0.15, -0.1) is 0 Å². The second-order valence-corrected chi connectivity index (χ2v) is 4.16. The molecule has 0 saturated carbocycles. The molecule has 1 fully saturated rings. The van der Waals surface area contributed by atoms with Gasteiger partial charge in [0.25, 0.3) is 0 Å². The minimum atomic E-state index is 0.174. The summed E-state index contributed by atoms with van der Waals surface area (Å²) in [6.07, 6.45) is 2.88. The fraction of sp³-hybridized carbons (Fsp3) is 0.900. The maximum atomic E-state index is 11.5. The Labute approximate surface area is 86.0 Å². The lowest BCUT2D eigenvalue weighted by Crippen LogP contribution is -2.46. The van der Waals surface area contributed by atoms with Crippen LogP contribution in [-0.4, -0.2) is 50.6 Å². The van der Waals surface area contributed by atoms with Gasteiger partial charge in [0.2, 0.25) is 5.91 Å². The third kappa shape index (κ3) is 4.58. The van der Waals surface area contributed by atoms with E-state index in [1.54, 1.807) is 0 Å². The lowest BCUT2D eigenvalue weighted by Gasteiger charge is -2.24. The molecular formula is C10H21N3O. The fourth-order valence-electron chi connectivity index (χ4n) is 1.60. The van der Waals surface area contributed by atoms with E-state index < -0.39 is 0 Å². The van der Waals surface area contributed by atoms with Gasteiger partial charge in [0.1, 0.15) is 0 Å². The summed E-state index contributed by atoms with van der Waals surface area (Å²) in [5, 5.41) is 6.33. The lowest BCUT2D eigenvalue weighted by molar-refractivity contribution is -0.122.